The van der Waals surface area contributed by atoms with Crippen molar-refractivity contribution < 1.29 is 34.2 Å². The zero-order valence-electron chi connectivity index (χ0n) is 22.1. The molecule has 0 aliphatic heterocycles. The molecular weight excluding hydrogens is 454 g/mol. The van der Waals surface area contributed by atoms with Crippen LogP contribution in [0.25, 0.3) is 0 Å². The third-order valence-electron chi connectivity index (χ3n) is 3.57. The molecular formula is C25H39N3O7. The van der Waals surface area contributed by atoms with E-state index < -0.39 is 30.2 Å². The first-order valence-corrected chi connectivity index (χ1v) is 11.0. The van der Waals surface area contributed by atoms with Gasteiger partial charge in [-0.15, -0.1) is 0 Å². The van der Waals surface area contributed by atoms with Crippen molar-refractivity contribution in [1.82, 2.24) is 16.0 Å². The molecule has 0 unspecified atom stereocenters. The Morgan fingerprint density at radius 2 is 1.37 bits per heavy atom. The van der Waals surface area contributed by atoms with E-state index in [2.05, 4.69) is 22.5 Å². The number of aldehydes is 1. The van der Waals surface area contributed by atoms with Crippen LogP contribution < -0.4 is 16.0 Å². The minimum absolute atomic E-state index is 0.00500. The van der Waals surface area contributed by atoms with Crippen LogP contribution in [0.1, 0.15) is 70.0 Å². The van der Waals surface area contributed by atoms with Crippen molar-refractivity contribution in [1.29, 1.82) is 0 Å². The summed E-state index contributed by atoms with van der Waals surface area (Å²) in [5.74, 6) is -2.52. The largest absolute Gasteiger partial charge is 0.507 e. The van der Waals surface area contributed by atoms with E-state index in [1.54, 1.807) is 27.7 Å². The number of allylic oxidation sites excluding steroid dienone is 2. The molecule has 0 heterocycles. The number of benzene rings is 1. The number of phenolic OH excluding ortho intramolecular Hbond substituents is 1. The monoisotopic (exact) mass is 493 g/mol. The average molecular weight is 494 g/mol. The highest BCUT2D eigenvalue weighted by atomic mass is 16.4. The van der Waals surface area contributed by atoms with Crippen molar-refractivity contribution in [3.8, 4) is 5.75 Å². The molecule has 0 saturated carbocycles. The number of aliphatic carboxylic acids is 1. The molecule has 0 fully saturated rings. The van der Waals surface area contributed by atoms with Crippen molar-refractivity contribution in [3.63, 3.8) is 0 Å². The van der Waals surface area contributed by atoms with E-state index in [1.807, 2.05) is 27.7 Å². The highest BCUT2D eigenvalue weighted by Crippen LogP contribution is 2.23. The van der Waals surface area contributed by atoms with Gasteiger partial charge in [0.15, 0.2) is 6.29 Å². The van der Waals surface area contributed by atoms with Crippen LogP contribution in [0.15, 0.2) is 35.7 Å². The summed E-state index contributed by atoms with van der Waals surface area (Å²) in [7, 11) is 0. The van der Waals surface area contributed by atoms with E-state index in [4.69, 9.17) is 9.90 Å². The lowest BCUT2D eigenvalue weighted by Gasteiger charge is -2.13. The lowest BCUT2D eigenvalue weighted by atomic mass is 10.0. The van der Waals surface area contributed by atoms with Gasteiger partial charge >= 0.3 is 0 Å². The van der Waals surface area contributed by atoms with Crippen molar-refractivity contribution in [3.05, 3.63) is 52.4 Å². The van der Waals surface area contributed by atoms with E-state index >= 15 is 0 Å². The summed E-state index contributed by atoms with van der Waals surface area (Å²) >= 11 is 0. The third kappa shape index (κ3) is 15.5. The van der Waals surface area contributed by atoms with Gasteiger partial charge in [0.1, 0.15) is 11.4 Å². The molecule has 0 spiro atoms. The third-order valence-corrected chi connectivity index (χ3v) is 3.57. The van der Waals surface area contributed by atoms with Gasteiger partial charge in [0.25, 0.3) is 17.8 Å². The number of hydrogen-bond acceptors (Lipinski definition) is 6. The van der Waals surface area contributed by atoms with E-state index in [9.17, 15) is 24.3 Å². The Morgan fingerprint density at radius 3 is 1.74 bits per heavy atom. The molecule has 10 nitrogen and oxygen atoms in total. The summed E-state index contributed by atoms with van der Waals surface area (Å²) in [5.41, 5.74) is 1.78. The maximum atomic E-state index is 12.5. The molecule has 0 aromatic heterocycles. The number of carbonyl (C=O) groups is 5. The van der Waals surface area contributed by atoms with E-state index in [-0.39, 0.29) is 22.7 Å². The van der Waals surface area contributed by atoms with Gasteiger partial charge in [0.05, 0.1) is 12.2 Å². The summed E-state index contributed by atoms with van der Waals surface area (Å²) < 4.78 is 0. The molecule has 1 rings (SSSR count). The van der Waals surface area contributed by atoms with E-state index in [0.29, 0.717) is 23.0 Å². The smallest absolute Gasteiger partial charge is 0.300 e. The van der Waals surface area contributed by atoms with E-state index in [1.165, 1.54) is 12.1 Å². The van der Waals surface area contributed by atoms with Gasteiger partial charge in [-0.05, 0) is 56.5 Å². The molecule has 0 saturated heterocycles. The summed E-state index contributed by atoms with van der Waals surface area (Å²) in [5, 5.41) is 24.3. The van der Waals surface area contributed by atoms with Crippen LogP contribution in [0.4, 0.5) is 0 Å². The van der Waals surface area contributed by atoms with Gasteiger partial charge in [-0.3, -0.25) is 24.0 Å². The molecule has 0 radical (unpaired) electrons. The maximum absolute atomic E-state index is 12.5. The first kappa shape index (κ1) is 35.6. The number of phenols is 1. The second kappa shape index (κ2) is 19.5. The fourth-order valence-electron chi connectivity index (χ4n) is 2.18. The molecule has 1 aromatic rings. The molecule has 35 heavy (non-hydrogen) atoms. The zero-order valence-corrected chi connectivity index (χ0v) is 22.1. The lowest BCUT2D eigenvalue weighted by molar-refractivity contribution is -0.134. The van der Waals surface area contributed by atoms with Crippen molar-refractivity contribution in [2.24, 2.45) is 0 Å². The number of hydrogen-bond donors (Lipinski definition) is 5. The van der Waals surface area contributed by atoms with Gasteiger partial charge in [0.2, 0.25) is 5.91 Å². The Morgan fingerprint density at radius 1 is 0.943 bits per heavy atom. The molecule has 10 heteroatoms. The van der Waals surface area contributed by atoms with Gasteiger partial charge < -0.3 is 26.2 Å². The van der Waals surface area contributed by atoms with Crippen LogP contribution in [0.5, 0.6) is 5.75 Å². The van der Waals surface area contributed by atoms with Crippen LogP contribution in [-0.4, -0.2) is 46.7 Å². The second-order valence-electron chi connectivity index (χ2n) is 6.68. The Labute approximate surface area is 207 Å². The molecule has 0 atom stereocenters. The molecule has 5 N–H and O–H groups in total. The van der Waals surface area contributed by atoms with Crippen LogP contribution in [0.2, 0.25) is 0 Å². The lowest BCUT2D eigenvalue weighted by Crippen LogP contribution is -2.41. The standard InChI is InChI=1S/C19H23N3O5.C2H4O2.2C2H6/c1-10(2)16(19(27)20-8-15(24)21-13(5)9-23)22-18(26)14-6-11(3)17(25)12(4)7-14;1-2(3)4;2*1-2/h6-7,9,25H,5,8H2,1-4H3,(H,20,27)(H,21,24)(H,22,26);1H3,(H,3,4);2*1-2H3. The Kier molecular flexibility index (Phi) is 19.9. The first-order valence-electron chi connectivity index (χ1n) is 11.0. The van der Waals surface area contributed by atoms with Crippen LogP contribution >= 0.6 is 0 Å². The minimum Gasteiger partial charge on any atom is -0.507 e. The van der Waals surface area contributed by atoms with Crippen molar-refractivity contribution in [2.75, 3.05) is 6.54 Å². The minimum atomic E-state index is -0.833. The highest BCUT2D eigenvalue weighted by Gasteiger charge is 2.18. The molecule has 1 aromatic carbocycles. The molecule has 196 valence electrons. The Balaban J connectivity index is -0.00000113. The van der Waals surface area contributed by atoms with Gasteiger partial charge in [-0.1, -0.05) is 34.3 Å². The summed E-state index contributed by atoms with van der Waals surface area (Å²) in [6, 6.07) is 3.02. The number of aryl methyl sites for hydroxylation is 2. The number of carbonyl (C=O) groups excluding carboxylic acids is 4. The van der Waals surface area contributed by atoms with Gasteiger partial charge in [0, 0.05) is 12.5 Å². The van der Waals surface area contributed by atoms with Crippen LogP contribution in [0.3, 0.4) is 0 Å². The Bertz CT molecular complexity index is 904. The summed E-state index contributed by atoms with van der Waals surface area (Å²) in [6.45, 7) is 18.6. The van der Waals surface area contributed by atoms with E-state index in [0.717, 1.165) is 6.92 Å². The van der Waals surface area contributed by atoms with Crippen LogP contribution in [-0.2, 0) is 19.2 Å². The molecule has 3 amide bonds. The second-order valence-corrected chi connectivity index (χ2v) is 6.68. The quantitative estimate of drug-likeness (QED) is 0.288. The van der Waals surface area contributed by atoms with Crippen LogP contribution in [0, 0.1) is 13.8 Å². The first-order chi connectivity index (χ1) is 16.3. The number of aromatic hydroxyl groups is 1. The predicted octanol–water partition coefficient (Wildman–Crippen LogP) is 3.12. The number of rotatable bonds is 7. The van der Waals surface area contributed by atoms with Gasteiger partial charge in [-0.2, -0.15) is 0 Å². The predicted molar refractivity (Wildman–Crippen MR) is 136 cm³/mol. The number of carboxylic acids is 1. The van der Waals surface area contributed by atoms with Crippen molar-refractivity contribution in [2.45, 2.75) is 62.3 Å². The van der Waals surface area contributed by atoms with Crippen molar-refractivity contribution >= 4 is 30.0 Å². The topological polar surface area (TPSA) is 162 Å². The van der Waals surface area contributed by atoms with Gasteiger partial charge in [-0.25, -0.2) is 0 Å². The zero-order chi connectivity index (χ0) is 28.3. The molecule has 0 bridgehead atoms. The summed E-state index contributed by atoms with van der Waals surface area (Å²) in [4.78, 5) is 55.8. The number of carboxylic acid groups (broad SMARTS) is 1. The fourth-order valence-corrected chi connectivity index (χ4v) is 2.18. The fraction of sp³-hybridized carbons (Fsp3) is 0.400. The SMILES string of the molecule is C=C(C=O)NC(=O)CNC(=O)C(NC(=O)c1cc(C)c(O)c(C)c1)=C(C)C.CC.CC.CC(=O)O. The Hall–Kier alpha value is -3.95. The number of amides is 3. The maximum Gasteiger partial charge on any atom is 0.300 e. The highest BCUT2D eigenvalue weighted by molar-refractivity contribution is 6.04. The molecule has 0 aliphatic rings. The molecule has 0 aliphatic carbocycles. The number of nitrogens with one attached hydrogen (secondary N) is 3. The average Bonchev–Trinajstić information content (AvgIpc) is 2.80. The normalized spacial score (nSPS) is 8.60. The summed E-state index contributed by atoms with van der Waals surface area (Å²) in [6.07, 6.45) is 0.378.